The minimum Gasteiger partial charge on any atom is -0.354 e. The minimum absolute atomic E-state index is 0.00621. The third-order valence-electron chi connectivity index (χ3n) is 6.08. The number of benzene rings is 2. The molecule has 0 saturated heterocycles. The van der Waals surface area contributed by atoms with Crippen LogP contribution in [-0.4, -0.2) is 40.2 Å². The van der Waals surface area contributed by atoms with Crippen molar-refractivity contribution in [1.29, 1.82) is 0 Å². The van der Waals surface area contributed by atoms with Crippen molar-refractivity contribution in [2.45, 2.75) is 31.6 Å². The summed E-state index contributed by atoms with van der Waals surface area (Å²) in [5.41, 5.74) is 3.55. The molecule has 0 aliphatic carbocycles. The lowest BCUT2D eigenvalue weighted by Crippen LogP contribution is -2.20. The fraction of sp³-hybridized carbons (Fsp3) is 0.269. The monoisotopic (exact) mass is 491 g/mol. The van der Waals surface area contributed by atoms with Crippen molar-refractivity contribution in [3.63, 3.8) is 0 Å². The number of nitrogens with zero attached hydrogens (tertiary/aromatic N) is 4. The van der Waals surface area contributed by atoms with Crippen molar-refractivity contribution in [3.8, 4) is 22.6 Å². The Bertz CT molecular complexity index is 1440. The molecule has 3 heterocycles. The van der Waals surface area contributed by atoms with E-state index in [-0.39, 0.29) is 23.4 Å². The van der Waals surface area contributed by atoms with Gasteiger partial charge in [0, 0.05) is 30.8 Å². The maximum atomic E-state index is 13.6. The van der Waals surface area contributed by atoms with E-state index in [1.54, 1.807) is 24.4 Å². The van der Waals surface area contributed by atoms with Gasteiger partial charge in [0.2, 0.25) is 5.95 Å². The number of hydrogen-bond donors (Lipinski definition) is 1. The summed E-state index contributed by atoms with van der Waals surface area (Å²) in [6.07, 6.45) is 3.01. The number of fused-ring (bicyclic) bond motifs is 1. The lowest BCUT2D eigenvalue weighted by atomic mass is 10.1. The maximum absolute atomic E-state index is 13.6. The zero-order valence-corrected chi connectivity index (χ0v) is 20.2. The molecular weight excluding hydrogens is 465 g/mol. The van der Waals surface area contributed by atoms with Crippen LogP contribution in [0.5, 0.6) is 0 Å². The second-order valence-corrected chi connectivity index (χ2v) is 10.7. The SMILES string of the molecule is CCNc1nccc(-c2c(-c3ccc(F)cc3)nc3n2[C@H](CS(=O)(=O)Cc2ccccc2)CC3)n1. The van der Waals surface area contributed by atoms with E-state index in [4.69, 9.17) is 4.98 Å². The number of imidazole rings is 1. The molecule has 0 amide bonds. The quantitative estimate of drug-likeness (QED) is 0.385. The molecule has 5 rings (SSSR count). The molecule has 9 heteroatoms. The minimum atomic E-state index is -3.38. The summed E-state index contributed by atoms with van der Waals surface area (Å²) < 4.78 is 42.0. The molecule has 0 bridgehead atoms. The number of rotatable bonds is 8. The van der Waals surface area contributed by atoms with Crippen molar-refractivity contribution in [2.75, 3.05) is 17.6 Å². The van der Waals surface area contributed by atoms with Gasteiger partial charge in [-0.15, -0.1) is 0 Å². The normalized spacial score (nSPS) is 15.2. The van der Waals surface area contributed by atoms with Gasteiger partial charge in [-0.3, -0.25) is 0 Å². The number of hydrogen-bond acceptors (Lipinski definition) is 6. The number of nitrogens with one attached hydrogen (secondary N) is 1. The van der Waals surface area contributed by atoms with Crippen molar-refractivity contribution in [1.82, 2.24) is 19.5 Å². The van der Waals surface area contributed by atoms with Gasteiger partial charge in [-0.25, -0.2) is 27.8 Å². The standard InChI is InChI=1S/C26H26FN5O2S/c1-2-28-26-29-15-14-22(30-26)25-24(19-8-10-20(27)11-9-19)31-23-13-12-21(32(23)25)17-35(33,34)16-18-6-4-3-5-7-18/h3-11,14-15,21H,2,12-13,16-17H2,1H3,(H,28,29,30)/t21-/m0/s1. The molecule has 1 aliphatic rings. The first-order valence-corrected chi connectivity index (χ1v) is 13.4. The number of sulfone groups is 1. The zero-order valence-electron chi connectivity index (χ0n) is 19.4. The van der Waals surface area contributed by atoms with Gasteiger partial charge in [0.1, 0.15) is 11.6 Å². The number of aryl methyl sites for hydroxylation is 1. The van der Waals surface area contributed by atoms with Crippen molar-refractivity contribution in [2.24, 2.45) is 0 Å². The Kier molecular flexibility index (Phi) is 6.34. The van der Waals surface area contributed by atoms with Crippen LogP contribution in [0.3, 0.4) is 0 Å². The lowest BCUT2D eigenvalue weighted by Gasteiger charge is -2.18. The van der Waals surface area contributed by atoms with E-state index in [1.165, 1.54) is 12.1 Å². The van der Waals surface area contributed by atoms with Crippen LogP contribution in [0.4, 0.5) is 10.3 Å². The van der Waals surface area contributed by atoms with Crippen molar-refractivity contribution < 1.29 is 12.8 Å². The highest BCUT2D eigenvalue weighted by molar-refractivity contribution is 7.90. The first-order chi connectivity index (χ1) is 16.9. The number of aromatic nitrogens is 4. The van der Waals surface area contributed by atoms with E-state index in [0.717, 1.165) is 22.6 Å². The van der Waals surface area contributed by atoms with Gasteiger partial charge in [-0.1, -0.05) is 30.3 Å². The molecule has 1 N–H and O–H groups in total. The van der Waals surface area contributed by atoms with Gasteiger partial charge in [-0.05, 0) is 49.2 Å². The summed E-state index contributed by atoms with van der Waals surface area (Å²) in [4.78, 5) is 13.8. The van der Waals surface area contributed by atoms with Gasteiger partial charge in [0.25, 0.3) is 0 Å². The molecule has 7 nitrogen and oxygen atoms in total. The molecular formula is C26H26FN5O2S. The van der Waals surface area contributed by atoms with Gasteiger partial charge in [0.05, 0.1) is 28.6 Å². The first-order valence-electron chi connectivity index (χ1n) is 11.6. The van der Waals surface area contributed by atoms with Crippen LogP contribution in [0, 0.1) is 5.82 Å². The molecule has 0 saturated carbocycles. The smallest absolute Gasteiger partial charge is 0.223 e. The molecule has 0 unspecified atom stereocenters. The van der Waals surface area contributed by atoms with Crippen LogP contribution < -0.4 is 5.32 Å². The summed E-state index contributed by atoms with van der Waals surface area (Å²) >= 11 is 0. The maximum Gasteiger partial charge on any atom is 0.223 e. The third-order valence-corrected chi connectivity index (χ3v) is 7.74. The fourth-order valence-electron chi connectivity index (χ4n) is 4.60. The topological polar surface area (TPSA) is 89.8 Å². The van der Waals surface area contributed by atoms with Crippen LogP contribution >= 0.6 is 0 Å². The Balaban J connectivity index is 1.57. The molecule has 35 heavy (non-hydrogen) atoms. The highest BCUT2D eigenvalue weighted by Crippen LogP contribution is 2.40. The summed E-state index contributed by atoms with van der Waals surface area (Å²) in [5, 5.41) is 3.12. The van der Waals surface area contributed by atoms with Gasteiger partial charge in [0.15, 0.2) is 9.84 Å². The van der Waals surface area contributed by atoms with Crippen LogP contribution in [0.1, 0.15) is 30.8 Å². The molecule has 0 fully saturated rings. The van der Waals surface area contributed by atoms with Gasteiger partial charge < -0.3 is 9.88 Å². The highest BCUT2D eigenvalue weighted by atomic mass is 32.2. The molecule has 2 aromatic carbocycles. The highest BCUT2D eigenvalue weighted by Gasteiger charge is 2.33. The van der Waals surface area contributed by atoms with Gasteiger partial charge in [-0.2, -0.15) is 0 Å². The molecule has 2 aromatic heterocycles. The molecule has 180 valence electrons. The zero-order chi connectivity index (χ0) is 24.4. The second-order valence-electron chi connectivity index (χ2n) is 8.63. The Morgan fingerprint density at radius 2 is 1.83 bits per heavy atom. The molecule has 0 spiro atoms. The predicted molar refractivity (Wildman–Crippen MR) is 134 cm³/mol. The summed E-state index contributed by atoms with van der Waals surface area (Å²) in [5.74, 6) is 0.960. The molecule has 1 atom stereocenters. The second kappa shape index (κ2) is 9.58. The average Bonchev–Trinajstić information content (AvgIpc) is 3.40. The number of anilines is 1. The average molecular weight is 492 g/mol. The largest absolute Gasteiger partial charge is 0.354 e. The molecule has 0 radical (unpaired) electrons. The Morgan fingerprint density at radius 1 is 1.06 bits per heavy atom. The van der Waals surface area contributed by atoms with E-state index < -0.39 is 9.84 Å². The van der Waals surface area contributed by atoms with Crippen LogP contribution in [-0.2, 0) is 22.0 Å². The summed E-state index contributed by atoms with van der Waals surface area (Å²) in [6.45, 7) is 2.63. The van der Waals surface area contributed by atoms with E-state index in [0.29, 0.717) is 36.7 Å². The van der Waals surface area contributed by atoms with E-state index in [1.807, 2.05) is 41.8 Å². The Hall–Kier alpha value is -3.59. The first kappa shape index (κ1) is 23.2. The van der Waals surface area contributed by atoms with E-state index >= 15 is 0 Å². The fourth-order valence-corrected chi connectivity index (χ4v) is 6.32. The molecule has 4 aromatic rings. The Morgan fingerprint density at radius 3 is 2.57 bits per heavy atom. The summed E-state index contributed by atoms with van der Waals surface area (Å²) in [7, 11) is -3.38. The van der Waals surface area contributed by atoms with Crippen LogP contribution in [0.2, 0.25) is 0 Å². The Labute approximate surface area is 204 Å². The molecule has 1 aliphatic heterocycles. The third kappa shape index (κ3) is 4.95. The van der Waals surface area contributed by atoms with Crippen molar-refractivity contribution in [3.05, 3.63) is 84.1 Å². The van der Waals surface area contributed by atoms with E-state index in [9.17, 15) is 12.8 Å². The van der Waals surface area contributed by atoms with Gasteiger partial charge >= 0.3 is 0 Å². The number of halogens is 1. The van der Waals surface area contributed by atoms with E-state index in [2.05, 4.69) is 15.3 Å². The predicted octanol–water partition coefficient (Wildman–Crippen LogP) is 4.68. The van der Waals surface area contributed by atoms with Crippen LogP contribution in [0.25, 0.3) is 22.6 Å². The van der Waals surface area contributed by atoms with Crippen LogP contribution in [0.15, 0.2) is 66.9 Å². The summed E-state index contributed by atoms with van der Waals surface area (Å²) in [6, 6.07) is 16.9. The van der Waals surface area contributed by atoms with Crippen molar-refractivity contribution >= 4 is 15.8 Å². The lowest BCUT2D eigenvalue weighted by molar-refractivity contribution is 0.549.